The summed E-state index contributed by atoms with van der Waals surface area (Å²) in [4.78, 5) is 41.3. The van der Waals surface area contributed by atoms with Gasteiger partial charge in [-0.05, 0) is 18.9 Å². The van der Waals surface area contributed by atoms with Crippen molar-refractivity contribution < 1.29 is 19.1 Å². The maximum atomic E-state index is 11.9. The van der Waals surface area contributed by atoms with Crippen molar-refractivity contribution in [3.05, 3.63) is 46.5 Å². The first-order chi connectivity index (χ1) is 14.0. The summed E-state index contributed by atoms with van der Waals surface area (Å²) in [6.07, 6.45) is 1.10. The third-order valence-corrected chi connectivity index (χ3v) is 5.31. The smallest absolute Gasteiger partial charge is 0.323 e. The maximum Gasteiger partial charge on any atom is 0.323 e. The molecule has 8 nitrogen and oxygen atoms in total. The molecule has 1 aliphatic rings. The highest BCUT2D eigenvalue weighted by molar-refractivity contribution is 7.14. The van der Waals surface area contributed by atoms with Gasteiger partial charge in [-0.1, -0.05) is 29.8 Å². The SMILES string of the molecule is Cc1ccc(CCC(=O)NCCOC(=O)Cc2csc(N3CCNC3=O)n2)cc1. The largest absolute Gasteiger partial charge is 0.464 e. The fourth-order valence-corrected chi connectivity index (χ4v) is 3.66. The number of nitrogens with one attached hydrogen (secondary N) is 2. The zero-order valence-corrected chi connectivity index (χ0v) is 17.1. The topological polar surface area (TPSA) is 101 Å². The Bertz CT molecular complexity index is 866. The predicted octanol–water partition coefficient (Wildman–Crippen LogP) is 1.82. The maximum absolute atomic E-state index is 11.9. The van der Waals surface area contributed by atoms with Crippen LogP contribution < -0.4 is 15.5 Å². The van der Waals surface area contributed by atoms with Gasteiger partial charge in [0.15, 0.2) is 5.13 Å². The lowest BCUT2D eigenvalue weighted by molar-refractivity contribution is -0.143. The summed E-state index contributed by atoms with van der Waals surface area (Å²) in [6.45, 7) is 3.57. The van der Waals surface area contributed by atoms with Gasteiger partial charge in [0.2, 0.25) is 5.91 Å². The number of aromatic nitrogens is 1. The van der Waals surface area contributed by atoms with Gasteiger partial charge < -0.3 is 15.4 Å². The Balaban J connectivity index is 1.30. The van der Waals surface area contributed by atoms with Crippen LogP contribution in [0.2, 0.25) is 0 Å². The molecule has 2 heterocycles. The lowest BCUT2D eigenvalue weighted by atomic mass is 10.1. The van der Waals surface area contributed by atoms with E-state index in [4.69, 9.17) is 4.74 Å². The highest BCUT2D eigenvalue weighted by Crippen LogP contribution is 2.22. The number of ether oxygens (including phenoxy) is 1. The van der Waals surface area contributed by atoms with E-state index in [0.29, 0.717) is 36.8 Å². The fraction of sp³-hybridized carbons (Fsp3) is 0.400. The molecular weight excluding hydrogens is 392 g/mol. The molecule has 0 radical (unpaired) electrons. The predicted molar refractivity (Wildman–Crippen MR) is 110 cm³/mol. The van der Waals surface area contributed by atoms with Crippen LogP contribution >= 0.6 is 11.3 Å². The second-order valence-electron chi connectivity index (χ2n) is 6.74. The van der Waals surface area contributed by atoms with Crippen molar-refractivity contribution in [3.8, 4) is 0 Å². The standard InChI is InChI=1S/C20H24N4O4S/c1-14-2-4-15(5-3-14)6-7-17(25)21-9-11-28-18(26)12-16-13-29-20(23-16)24-10-8-22-19(24)27/h2-5,13H,6-12H2,1H3,(H,21,25)(H,22,27). The summed E-state index contributed by atoms with van der Waals surface area (Å²) in [5, 5.41) is 7.78. The van der Waals surface area contributed by atoms with Gasteiger partial charge in [-0.15, -0.1) is 11.3 Å². The van der Waals surface area contributed by atoms with Crippen molar-refractivity contribution in [1.82, 2.24) is 15.6 Å². The molecule has 1 aliphatic heterocycles. The molecule has 1 saturated heterocycles. The molecule has 3 amide bonds. The lowest BCUT2D eigenvalue weighted by Crippen LogP contribution is -2.28. The Morgan fingerprint density at radius 2 is 2.10 bits per heavy atom. The van der Waals surface area contributed by atoms with Crippen LogP contribution in [0.3, 0.4) is 0 Å². The second kappa shape index (κ2) is 10.0. The van der Waals surface area contributed by atoms with Crippen LogP contribution in [-0.2, 0) is 27.2 Å². The van der Waals surface area contributed by atoms with Crippen LogP contribution in [0, 0.1) is 6.92 Å². The number of rotatable bonds is 9. The molecule has 0 unspecified atom stereocenters. The summed E-state index contributed by atoms with van der Waals surface area (Å²) in [5.74, 6) is -0.490. The normalized spacial score (nSPS) is 13.3. The van der Waals surface area contributed by atoms with Gasteiger partial charge in [0, 0.05) is 24.9 Å². The highest BCUT2D eigenvalue weighted by Gasteiger charge is 2.24. The number of nitrogens with zero attached hydrogens (tertiary/aromatic N) is 2. The van der Waals surface area contributed by atoms with Crippen molar-refractivity contribution in [3.63, 3.8) is 0 Å². The fourth-order valence-electron chi connectivity index (χ4n) is 2.81. The number of thiazole rings is 1. The molecular formula is C20H24N4O4S. The number of hydrogen-bond acceptors (Lipinski definition) is 6. The van der Waals surface area contributed by atoms with Gasteiger partial charge >= 0.3 is 12.0 Å². The van der Waals surface area contributed by atoms with Crippen molar-refractivity contribution in [2.75, 3.05) is 31.1 Å². The van der Waals surface area contributed by atoms with Gasteiger partial charge in [-0.3, -0.25) is 14.5 Å². The molecule has 1 aromatic heterocycles. The van der Waals surface area contributed by atoms with E-state index in [0.717, 1.165) is 5.56 Å². The second-order valence-corrected chi connectivity index (χ2v) is 7.57. The monoisotopic (exact) mass is 416 g/mol. The van der Waals surface area contributed by atoms with E-state index in [-0.39, 0.29) is 31.5 Å². The molecule has 0 aliphatic carbocycles. The van der Waals surface area contributed by atoms with Crippen molar-refractivity contribution in [2.45, 2.75) is 26.2 Å². The zero-order valence-electron chi connectivity index (χ0n) is 16.3. The molecule has 1 fully saturated rings. The zero-order chi connectivity index (χ0) is 20.6. The Hall–Kier alpha value is -2.94. The molecule has 154 valence electrons. The Kier molecular flexibility index (Phi) is 7.18. The summed E-state index contributed by atoms with van der Waals surface area (Å²) in [5.41, 5.74) is 2.87. The molecule has 2 N–H and O–H groups in total. The number of carbonyl (C=O) groups excluding carboxylic acids is 3. The molecule has 2 aromatic rings. The first-order valence-corrected chi connectivity index (χ1v) is 10.4. The number of esters is 1. The van der Waals surface area contributed by atoms with Crippen LogP contribution in [-0.4, -0.2) is 49.1 Å². The summed E-state index contributed by atoms with van der Waals surface area (Å²) >= 11 is 1.32. The van der Waals surface area contributed by atoms with Crippen molar-refractivity contribution in [1.29, 1.82) is 0 Å². The Morgan fingerprint density at radius 3 is 2.83 bits per heavy atom. The van der Waals surface area contributed by atoms with E-state index in [1.165, 1.54) is 16.9 Å². The van der Waals surface area contributed by atoms with Gasteiger partial charge in [0.05, 0.1) is 18.7 Å². The molecule has 0 bridgehead atoms. The summed E-state index contributed by atoms with van der Waals surface area (Å²) < 4.78 is 5.15. The van der Waals surface area contributed by atoms with Crippen LogP contribution in [0.25, 0.3) is 0 Å². The average Bonchev–Trinajstić information content (AvgIpc) is 3.33. The van der Waals surface area contributed by atoms with E-state index < -0.39 is 5.97 Å². The first kappa shape index (κ1) is 20.8. The minimum absolute atomic E-state index is 0.0350. The molecule has 0 spiro atoms. The number of aryl methyl sites for hydroxylation is 2. The van der Waals surface area contributed by atoms with E-state index in [9.17, 15) is 14.4 Å². The number of carbonyl (C=O) groups is 3. The molecule has 3 rings (SSSR count). The molecule has 0 saturated carbocycles. The number of amides is 3. The molecule has 29 heavy (non-hydrogen) atoms. The quantitative estimate of drug-likeness (QED) is 0.480. The molecule has 0 atom stereocenters. The average molecular weight is 417 g/mol. The minimum Gasteiger partial charge on any atom is -0.464 e. The van der Waals surface area contributed by atoms with Crippen LogP contribution in [0.15, 0.2) is 29.6 Å². The molecule has 9 heteroatoms. The number of anilines is 1. The van der Waals surface area contributed by atoms with Crippen LogP contribution in [0.1, 0.15) is 23.2 Å². The Labute approximate surface area is 173 Å². The highest BCUT2D eigenvalue weighted by atomic mass is 32.1. The third kappa shape index (κ3) is 6.28. The number of urea groups is 1. The van der Waals surface area contributed by atoms with E-state index in [1.807, 2.05) is 31.2 Å². The number of hydrogen-bond donors (Lipinski definition) is 2. The third-order valence-electron chi connectivity index (χ3n) is 4.40. The first-order valence-electron chi connectivity index (χ1n) is 9.49. The van der Waals surface area contributed by atoms with Crippen molar-refractivity contribution in [2.24, 2.45) is 0 Å². The van der Waals surface area contributed by atoms with Gasteiger partial charge in [0.1, 0.15) is 6.61 Å². The Morgan fingerprint density at radius 1 is 1.31 bits per heavy atom. The summed E-state index contributed by atoms with van der Waals surface area (Å²) in [7, 11) is 0. The van der Waals surface area contributed by atoms with Crippen LogP contribution in [0.5, 0.6) is 0 Å². The van der Waals surface area contributed by atoms with E-state index >= 15 is 0 Å². The van der Waals surface area contributed by atoms with E-state index in [2.05, 4.69) is 15.6 Å². The van der Waals surface area contributed by atoms with Gasteiger partial charge in [0.25, 0.3) is 0 Å². The van der Waals surface area contributed by atoms with E-state index in [1.54, 1.807) is 10.3 Å². The lowest BCUT2D eigenvalue weighted by Gasteiger charge is -2.08. The van der Waals surface area contributed by atoms with Crippen molar-refractivity contribution >= 4 is 34.4 Å². The van der Waals surface area contributed by atoms with Crippen LogP contribution in [0.4, 0.5) is 9.93 Å². The summed E-state index contributed by atoms with van der Waals surface area (Å²) in [6, 6.07) is 7.91. The van der Waals surface area contributed by atoms with Gasteiger partial charge in [-0.2, -0.15) is 0 Å². The number of benzene rings is 1. The van der Waals surface area contributed by atoms with Gasteiger partial charge in [-0.25, -0.2) is 9.78 Å². The molecule has 1 aromatic carbocycles. The minimum atomic E-state index is -0.415.